The highest BCUT2D eigenvalue weighted by Gasteiger charge is 2.26. The van der Waals surface area contributed by atoms with E-state index < -0.39 is 5.97 Å². The fourth-order valence-corrected chi connectivity index (χ4v) is 1.69. The van der Waals surface area contributed by atoms with E-state index in [0.29, 0.717) is 13.1 Å². The van der Waals surface area contributed by atoms with Crippen LogP contribution in [0.5, 0.6) is 0 Å². The summed E-state index contributed by atoms with van der Waals surface area (Å²) in [5.41, 5.74) is -0.0493. The molecule has 0 aromatic heterocycles. The van der Waals surface area contributed by atoms with E-state index in [1.165, 1.54) is 7.11 Å². The number of ether oxygens (including phenoxy) is 1. The number of hydrogen-bond acceptors (Lipinski definition) is 6. The molecule has 2 unspecified atom stereocenters. The van der Waals surface area contributed by atoms with Crippen molar-refractivity contribution in [1.29, 1.82) is 0 Å². The summed E-state index contributed by atoms with van der Waals surface area (Å²) in [6, 6.07) is 0. The number of morpholine rings is 1. The molecule has 2 atom stereocenters. The Hall–Kier alpha value is -1.58. The average Bonchev–Trinajstić information content (AvgIpc) is 2.27. The van der Waals surface area contributed by atoms with Crippen LogP contribution >= 0.6 is 0 Å². The van der Waals surface area contributed by atoms with Crippen molar-refractivity contribution < 1.29 is 19.2 Å². The zero-order chi connectivity index (χ0) is 13.5. The van der Waals surface area contributed by atoms with Crippen LogP contribution in [0.3, 0.4) is 0 Å². The fraction of sp³-hybridized carbons (Fsp3) is 0.667. The van der Waals surface area contributed by atoms with Crippen molar-refractivity contribution in [2.45, 2.75) is 33.0 Å². The molecule has 6 heteroatoms. The Bertz CT molecular complexity index is 373. The number of carbonyl (C=O) groups excluding carboxylic acids is 1. The zero-order valence-electron chi connectivity index (χ0n) is 11.1. The third kappa shape index (κ3) is 4.35. The molecule has 0 bridgehead atoms. The summed E-state index contributed by atoms with van der Waals surface area (Å²) in [5, 5.41) is 5.09. The lowest BCUT2D eigenvalue weighted by Crippen LogP contribution is -2.46. The molecule has 1 heterocycles. The Morgan fingerprint density at radius 2 is 2.00 bits per heavy atom. The minimum atomic E-state index is -0.618. The molecule has 18 heavy (non-hydrogen) atoms. The highest BCUT2D eigenvalue weighted by Crippen LogP contribution is 2.11. The van der Waals surface area contributed by atoms with Crippen LogP contribution in [0, 0.1) is 11.8 Å². The van der Waals surface area contributed by atoms with Gasteiger partial charge in [-0.2, -0.15) is 0 Å². The maximum absolute atomic E-state index is 11.8. The summed E-state index contributed by atoms with van der Waals surface area (Å²) < 4.78 is 5.54. The molecule has 1 fully saturated rings. The van der Waals surface area contributed by atoms with Gasteiger partial charge in [0.2, 0.25) is 5.71 Å². The number of oxime groups is 1. The third-order valence-corrected chi connectivity index (χ3v) is 2.22. The standard InChI is InChI=1S/C12H18N2O4/c1-5-6-11(13-16-4)12(15)18-14-7-9(2)17-10(3)8-14/h9-10H,7-8H2,1-4H3. The first-order valence-corrected chi connectivity index (χ1v) is 5.73. The summed E-state index contributed by atoms with van der Waals surface area (Å²) in [6.45, 7) is 6.50. The number of carbonyl (C=O) groups is 1. The van der Waals surface area contributed by atoms with Crippen LogP contribution in [0.2, 0.25) is 0 Å². The maximum atomic E-state index is 11.8. The van der Waals surface area contributed by atoms with Crippen LogP contribution in [-0.2, 0) is 19.2 Å². The lowest BCUT2D eigenvalue weighted by atomic mass is 10.3. The minimum absolute atomic E-state index is 0.0154. The van der Waals surface area contributed by atoms with Crippen molar-refractivity contribution in [3.8, 4) is 11.8 Å². The van der Waals surface area contributed by atoms with Gasteiger partial charge in [-0.15, -0.1) is 5.06 Å². The lowest BCUT2D eigenvalue weighted by molar-refractivity contribution is -0.217. The molecule has 0 saturated carbocycles. The van der Waals surface area contributed by atoms with Crippen LogP contribution in [0.25, 0.3) is 0 Å². The molecule has 0 N–H and O–H groups in total. The highest BCUT2D eigenvalue weighted by molar-refractivity contribution is 6.43. The molecular weight excluding hydrogens is 236 g/mol. The second-order valence-electron chi connectivity index (χ2n) is 3.98. The van der Waals surface area contributed by atoms with Gasteiger partial charge in [0.1, 0.15) is 7.11 Å². The predicted octanol–water partition coefficient (Wildman–Crippen LogP) is 0.579. The molecule has 1 saturated heterocycles. The first-order chi connectivity index (χ1) is 8.56. The van der Waals surface area contributed by atoms with E-state index >= 15 is 0 Å². The van der Waals surface area contributed by atoms with Gasteiger partial charge in [0.15, 0.2) is 0 Å². The Morgan fingerprint density at radius 1 is 1.39 bits per heavy atom. The fourth-order valence-electron chi connectivity index (χ4n) is 1.69. The molecule has 0 aromatic rings. The Morgan fingerprint density at radius 3 is 2.50 bits per heavy atom. The molecule has 0 aliphatic carbocycles. The second kappa shape index (κ2) is 6.99. The van der Waals surface area contributed by atoms with E-state index in [2.05, 4.69) is 21.8 Å². The molecule has 6 nitrogen and oxygen atoms in total. The molecule has 1 rings (SSSR count). The monoisotopic (exact) mass is 254 g/mol. The Balaban J connectivity index is 2.62. The summed E-state index contributed by atoms with van der Waals surface area (Å²) >= 11 is 0. The van der Waals surface area contributed by atoms with Crippen molar-refractivity contribution in [2.75, 3.05) is 20.2 Å². The lowest BCUT2D eigenvalue weighted by Gasteiger charge is -2.33. The smallest absolute Gasteiger partial charge is 0.388 e. The van der Waals surface area contributed by atoms with Crippen LogP contribution in [0.15, 0.2) is 5.16 Å². The molecule has 0 spiro atoms. The first-order valence-electron chi connectivity index (χ1n) is 5.73. The van der Waals surface area contributed by atoms with Gasteiger partial charge in [-0.3, -0.25) is 0 Å². The van der Waals surface area contributed by atoms with E-state index in [9.17, 15) is 4.79 Å². The van der Waals surface area contributed by atoms with E-state index in [1.807, 2.05) is 13.8 Å². The Kier molecular flexibility index (Phi) is 5.62. The van der Waals surface area contributed by atoms with Gasteiger partial charge >= 0.3 is 5.97 Å². The zero-order valence-corrected chi connectivity index (χ0v) is 11.1. The largest absolute Gasteiger partial charge is 0.398 e. The number of rotatable bonds is 3. The van der Waals surface area contributed by atoms with Crippen LogP contribution in [-0.4, -0.2) is 49.2 Å². The van der Waals surface area contributed by atoms with Crippen molar-refractivity contribution in [3.05, 3.63) is 0 Å². The van der Waals surface area contributed by atoms with Crippen LogP contribution in [0.4, 0.5) is 0 Å². The van der Waals surface area contributed by atoms with Gasteiger partial charge in [0.05, 0.1) is 25.3 Å². The van der Waals surface area contributed by atoms with E-state index in [-0.39, 0.29) is 17.9 Å². The summed E-state index contributed by atoms with van der Waals surface area (Å²) in [5.74, 6) is 4.50. The summed E-state index contributed by atoms with van der Waals surface area (Å²) in [4.78, 5) is 21.5. The quantitative estimate of drug-likeness (QED) is 0.419. The molecule has 1 aliphatic heterocycles. The second-order valence-corrected chi connectivity index (χ2v) is 3.98. The number of hydrogen-bond donors (Lipinski definition) is 0. The molecular formula is C12H18N2O4. The minimum Gasteiger partial charge on any atom is -0.398 e. The topological polar surface area (TPSA) is 60.4 Å². The van der Waals surface area contributed by atoms with Gasteiger partial charge in [0, 0.05) is 0 Å². The van der Waals surface area contributed by atoms with Crippen molar-refractivity contribution in [1.82, 2.24) is 5.06 Å². The van der Waals surface area contributed by atoms with Gasteiger partial charge in [-0.25, -0.2) is 4.79 Å². The Labute approximate surface area is 107 Å². The highest BCUT2D eigenvalue weighted by atomic mass is 16.7. The van der Waals surface area contributed by atoms with E-state index in [0.717, 1.165) is 0 Å². The molecule has 1 aliphatic rings. The maximum Gasteiger partial charge on any atom is 0.388 e. The van der Waals surface area contributed by atoms with Crippen molar-refractivity contribution in [3.63, 3.8) is 0 Å². The molecule has 0 aromatic carbocycles. The first kappa shape index (κ1) is 14.5. The summed E-state index contributed by atoms with van der Waals surface area (Å²) in [6.07, 6.45) is 0.0308. The van der Waals surface area contributed by atoms with Crippen LogP contribution in [0.1, 0.15) is 20.8 Å². The third-order valence-electron chi connectivity index (χ3n) is 2.22. The van der Waals surface area contributed by atoms with E-state index in [4.69, 9.17) is 9.57 Å². The molecule has 100 valence electrons. The SMILES string of the molecule is CC#CC(=NOC)C(=O)ON1CC(C)OC(C)C1. The van der Waals surface area contributed by atoms with Crippen molar-refractivity contribution in [2.24, 2.45) is 5.16 Å². The van der Waals surface area contributed by atoms with Gasteiger partial charge in [-0.05, 0) is 26.7 Å². The van der Waals surface area contributed by atoms with Gasteiger partial charge in [-0.1, -0.05) is 11.1 Å². The van der Waals surface area contributed by atoms with Gasteiger partial charge in [0.25, 0.3) is 0 Å². The number of hydroxylamine groups is 2. The number of nitrogens with zero attached hydrogens (tertiary/aromatic N) is 2. The predicted molar refractivity (Wildman–Crippen MR) is 65.6 cm³/mol. The molecule has 0 radical (unpaired) electrons. The normalized spacial score (nSPS) is 25.0. The summed E-state index contributed by atoms with van der Waals surface area (Å²) in [7, 11) is 1.35. The van der Waals surface area contributed by atoms with Crippen LogP contribution < -0.4 is 0 Å². The molecule has 0 amide bonds. The van der Waals surface area contributed by atoms with Crippen molar-refractivity contribution >= 4 is 11.7 Å². The average molecular weight is 254 g/mol. The van der Waals surface area contributed by atoms with E-state index in [1.54, 1.807) is 12.0 Å². The van der Waals surface area contributed by atoms with Gasteiger partial charge < -0.3 is 14.4 Å².